The van der Waals surface area contributed by atoms with E-state index >= 15 is 0 Å². The first-order valence-corrected chi connectivity index (χ1v) is 10.1. The molecule has 29 heavy (non-hydrogen) atoms. The van der Waals surface area contributed by atoms with Crippen LogP contribution in [0.3, 0.4) is 0 Å². The fourth-order valence-corrected chi connectivity index (χ4v) is 4.62. The molecule has 0 aromatic heterocycles. The van der Waals surface area contributed by atoms with Crippen molar-refractivity contribution in [1.82, 2.24) is 25.8 Å². The van der Waals surface area contributed by atoms with Crippen molar-refractivity contribution in [3.8, 4) is 0 Å². The highest BCUT2D eigenvalue weighted by Gasteiger charge is 2.48. The van der Waals surface area contributed by atoms with Gasteiger partial charge in [-0.2, -0.15) is 0 Å². The SMILES string of the molecule is CN=C(NCC1(N(C)C)CCOCC1)N1CCC(C2(C)NC(=O)NC2=O)CC1.I. The predicted molar refractivity (Wildman–Crippen MR) is 123 cm³/mol. The summed E-state index contributed by atoms with van der Waals surface area (Å²) in [5, 5.41) is 8.75. The molecule has 166 valence electrons. The van der Waals surface area contributed by atoms with Gasteiger partial charge < -0.3 is 25.2 Å². The molecule has 3 rings (SSSR count). The molecule has 1 atom stereocenters. The van der Waals surface area contributed by atoms with Crippen LogP contribution in [-0.4, -0.2) is 92.8 Å². The van der Waals surface area contributed by atoms with E-state index in [0.717, 1.165) is 64.5 Å². The molecule has 3 N–H and O–H groups in total. The highest BCUT2D eigenvalue weighted by molar-refractivity contribution is 14.0. The van der Waals surface area contributed by atoms with Gasteiger partial charge in [0, 0.05) is 45.4 Å². The van der Waals surface area contributed by atoms with Gasteiger partial charge in [0.05, 0.1) is 0 Å². The number of nitrogens with one attached hydrogen (secondary N) is 3. The summed E-state index contributed by atoms with van der Waals surface area (Å²) in [5.74, 6) is 0.805. The van der Waals surface area contributed by atoms with Crippen LogP contribution in [-0.2, 0) is 9.53 Å². The van der Waals surface area contributed by atoms with Gasteiger partial charge in [0.2, 0.25) is 0 Å². The fourth-order valence-electron chi connectivity index (χ4n) is 4.62. The summed E-state index contributed by atoms with van der Waals surface area (Å²) in [4.78, 5) is 32.8. The molecule has 0 aromatic carbocycles. The molecule has 3 heterocycles. The minimum Gasteiger partial charge on any atom is -0.381 e. The Balaban J connectivity index is 0.00000300. The zero-order valence-corrected chi connectivity index (χ0v) is 20.2. The standard InChI is InChI=1S/C19H34N6O3.HI/c1-18(15(26)22-17(27)23-18)14-5-9-25(10-6-14)16(20-2)21-13-19(24(3)4)7-11-28-12-8-19;/h14H,5-13H2,1-4H3,(H,20,21)(H2,22,23,26,27);1H. The number of likely N-dealkylation sites (N-methyl/N-ethyl adjacent to an activating group) is 1. The van der Waals surface area contributed by atoms with Gasteiger partial charge >= 0.3 is 6.03 Å². The van der Waals surface area contributed by atoms with Gasteiger partial charge in [0.1, 0.15) is 5.54 Å². The molecule has 3 saturated heterocycles. The Kier molecular flexibility index (Phi) is 8.14. The van der Waals surface area contributed by atoms with Crippen molar-refractivity contribution >= 4 is 41.9 Å². The molecule has 3 amide bonds. The summed E-state index contributed by atoms with van der Waals surface area (Å²) >= 11 is 0. The maximum absolute atomic E-state index is 12.2. The maximum atomic E-state index is 12.2. The Bertz CT molecular complexity index is 629. The topological polar surface area (TPSA) is 98.3 Å². The van der Waals surface area contributed by atoms with E-state index in [1.54, 1.807) is 0 Å². The van der Waals surface area contributed by atoms with Gasteiger partial charge in [0.25, 0.3) is 5.91 Å². The lowest BCUT2D eigenvalue weighted by Gasteiger charge is -2.44. The van der Waals surface area contributed by atoms with Gasteiger partial charge in [0.15, 0.2) is 5.96 Å². The Morgan fingerprint density at radius 1 is 1.28 bits per heavy atom. The summed E-state index contributed by atoms with van der Waals surface area (Å²) in [5.41, 5.74) is -0.733. The van der Waals surface area contributed by atoms with E-state index in [-0.39, 0.29) is 41.3 Å². The van der Waals surface area contributed by atoms with Crippen LogP contribution in [0, 0.1) is 5.92 Å². The lowest BCUT2D eigenvalue weighted by molar-refractivity contribution is -0.125. The number of nitrogens with zero attached hydrogens (tertiary/aromatic N) is 3. The molecule has 0 spiro atoms. The predicted octanol–water partition coefficient (Wildman–Crippen LogP) is 0.601. The van der Waals surface area contributed by atoms with Crippen molar-refractivity contribution in [2.24, 2.45) is 10.9 Å². The number of likely N-dealkylation sites (tertiary alicyclic amines) is 1. The van der Waals surface area contributed by atoms with Gasteiger partial charge in [-0.3, -0.25) is 15.1 Å². The van der Waals surface area contributed by atoms with Crippen LogP contribution < -0.4 is 16.0 Å². The number of halogens is 1. The minimum atomic E-state index is -0.808. The first-order valence-electron chi connectivity index (χ1n) is 10.1. The Morgan fingerprint density at radius 3 is 2.38 bits per heavy atom. The van der Waals surface area contributed by atoms with Crippen LogP contribution in [0.5, 0.6) is 0 Å². The van der Waals surface area contributed by atoms with Crippen LogP contribution in [0.2, 0.25) is 0 Å². The van der Waals surface area contributed by atoms with Gasteiger partial charge in [-0.1, -0.05) is 0 Å². The molecule has 3 aliphatic heterocycles. The summed E-state index contributed by atoms with van der Waals surface area (Å²) in [6.45, 7) is 5.84. The number of guanidine groups is 1. The van der Waals surface area contributed by atoms with Crippen LogP contribution in [0.4, 0.5) is 4.79 Å². The third-order valence-corrected chi connectivity index (χ3v) is 6.84. The normalized spacial score (nSPS) is 28.0. The third-order valence-electron chi connectivity index (χ3n) is 6.84. The first-order chi connectivity index (χ1) is 13.3. The Labute approximate surface area is 190 Å². The summed E-state index contributed by atoms with van der Waals surface area (Å²) in [7, 11) is 6.07. The molecule has 0 saturated carbocycles. The molecule has 0 aliphatic carbocycles. The van der Waals surface area contributed by atoms with E-state index in [9.17, 15) is 9.59 Å². The second kappa shape index (κ2) is 9.78. The summed E-state index contributed by atoms with van der Waals surface area (Å²) < 4.78 is 5.55. The summed E-state index contributed by atoms with van der Waals surface area (Å²) in [6.07, 6.45) is 3.66. The number of urea groups is 1. The average Bonchev–Trinajstić information content (AvgIpc) is 2.96. The van der Waals surface area contributed by atoms with Crippen molar-refractivity contribution in [3.63, 3.8) is 0 Å². The number of carbonyl (C=O) groups excluding carboxylic acids is 2. The molecule has 0 aromatic rings. The fraction of sp³-hybridized carbons (Fsp3) is 0.842. The number of amides is 3. The second-order valence-corrected chi connectivity index (χ2v) is 8.50. The van der Waals surface area contributed by atoms with Gasteiger partial charge in [-0.25, -0.2) is 4.79 Å². The van der Waals surface area contributed by atoms with Crippen molar-refractivity contribution in [3.05, 3.63) is 0 Å². The van der Waals surface area contributed by atoms with E-state index in [1.807, 2.05) is 14.0 Å². The molecule has 10 heteroatoms. The molecule has 0 bridgehead atoms. The quantitative estimate of drug-likeness (QED) is 0.217. The van der Waals surface area contributed by atoms with E-state index in [1.165, 1.54) is 0 Å². The monoisotopic (exact) mass is 522 g/mol. The van der Waals surface area contributed by atoms with Crippen LogP contribution in [0.15, 0.2) is 4.99 Å². The van der Waals surface area contributed by atoms with E-state index in [2.05, 4.69) is 44.8 Å². The number of imide groups is 1. The van der Waals surface area contributed by atoms with Crippen molar-refractivity contribution in [2.75, 3.05) is 54.0 Å². The number of hydrogen-bond donors (Lipinski definition) is 3. The minimum absolute atomic E-state index is 0. The number of ether oxygens (including phenoxy) is 1. The Morgan fingerprint density at radius 2 is 1.90 bits per heavy atom. The Hall–Kier alpha value is -1.14. The lowest BCUT2D eigenvalue weighted by Crippen LogP contribution is -2.59. The van der Waals surface area contributed by atoms with Crippen LogP contribution in [0.1, 0.15) is 32.6 Å². The third kappa shape index (κ3) is 4.96. The molecule has 9 nitrogen and oxygen atoms in total. The van der Waals surface area contributed by atoms with E-state index < -0.39 is 11.6 Å². The zero-order valence-electron chi connectivity index (χ0n) is 17.9. The highest BCUT2D eigenvalue weighted by atomic mass is 127. The number of piperidine rings is 1. The average molecular weight is 522 g/mol. The van der Waals surface area contributed by atoms with Crippen molar-refractivity contribution in [2.45, 2.75) is 43.7 Å². The van der Waals surface area contributed by atoms with Crippen LogP contribution >= 0.6 is 24.0 Å². The number of rotatable bonds is 4. The van der Waals surface area contributed by atoms with Gasteiger partial charge in [-0.15, -0.1) is 24.0 Å². The molecule has 1 unspecified atom stereocenters. The smallest absolute Gasteiger partial charge is 0.322 e. The first kappa shape index (κ1) is 24.1. The number of hydrogen-bond acceptors (Lipinski definition) is 5. The molecule has 3 aliphatic rings. The second-order valence-electron chi connectivity index (χ2n) is 8.50. The highest BCUT2D eigenvalue weighted by Crippen LogP contribution is 2.31. The van der Waals surface area contributed by atoms with E-state index in [0.29, 0.717) is 0 Å². The largest absolute Gasteiger partial charge is 0.381 e. The number of aliphatic imine (C=N–C) groups is 1. The van der Waals surface area contributed by atoms with Crippen molar-refractivity contribution < 1.29 is 14.3 Å². The zero-order chi connectivity index (χ0) is 20.4. The number of carbonyl (C=O) groups is 2. The molecular weight excluding hydrogens is 487 g/mol. The van der Waals surface area contributed by atoms with Gasteiger partial charge in [-0.05, 0) is 52.6 Å². The molecule has 0 radical (unpaired) electrons. The summed E-state index contributed by atoms with van der Waals surface area (Å²) in [6, 6.07) is -0.391. The van der Waals surface area contributed by atoms with Crippen LogP contribution in [0.25, 0.3) is 0 Å². The van der Waals surface area contributed by atoms with Crippen molar-refractivity contribution in [1.29, 1.82) is 0 Å². The molecule has 3 fully saturated rings. The maximum Gasteiger partial charge on any atom is 0.322 e. The van der Waals surface area contributed by atoms with E-state index in [4.69, 9.17) is 4.74 Å². The molecular formula is C19H35IN6O3. The lowest BCUT2D eigenvalue weighted by atomic mass is 9.79.